The van der Waals surface area contributed by atoms with E-state index < -0.39 is 16.9 Å². The van der Waals surface area contributed by atoms with Crippen LogP contribution >= 0.6 is 0 Å². The van der Waals surface area contributed by atoms with E-state index in [1.807, 2.05) is 13.0 Å². The lowest BCUT2D eigenvalue weighted by Gasteiger charge is -2.65. The summed E-state index contributed by atoms with van der Waals surface area (Å²) in [4.78, 5) is 16.3. The third kappa shape index (κ3) is 3.21. The van der Waals surface area contributed by atoms with E-state index in [0.717, 1.165) is 31.7 Å². The van der Waals surface area contributed by atoms with Gasteiger partial charge in [-0.2, -0.15) is 0 Å². The monoisotopic (exact) mass is 456 g/mol. The lowest BCUT2D eigenvalue weighted by molar-refractivity contribution is -0.184. The van der Waals surface area contributed by atoms with Crippen LogP contribution in [-0.2, 0) is 10.2 Å². The maximum absolute atomic E-state index is 13.8. The topological polar surface area (TPSA) is 82.0 Å². The molecule has 4 rings (SSSR count). The maximum atomic E-state index is 13.8. The fourth-order valence-electron chi connectivity index (χ4n) is 7.56. The minimum atomic E-state index is -0.980. The molecule has 1 saturated carbocycles. The number of nitrogens with one attached hydrogen (secondary N) is 1. The summed E-state index contributed by atoms with van der Waals surface area (Å²) in [6.45, 7) is 10.7. The lowest BCUT2D eigenvalue weighted by Crippen LogP contribution is -2.73. The zero-order chi connectivity index (χ0) is 24.0. The van der Waals surface area contributed by atoms with E-state index in [1.54, 1.807) is 7.11 Å². The third-order valence-electron chi connectivity index (χ3n) is 9.35. The van der Waals surface area contributed by atoms with Crippen molar-refractivity contribution in [3.63, 3.8) is 0 Å². The first-order valence-electron chi connectivity index (χ1n) is 12.4. The smallest absolute Gasteiger partial charge is 0.228 e. The Morgan fingerprint density at radius 3 is 2.76 bits per heavy atom. The maximum Gasteiger partial charge on any atom is 0.228 e. The third-order valence-corrected chi connectivity index (χ3v) is 9.35. The molecule has 33 heavy (non-hydrogen) atoms. The van der Waals surface area contributed by atoms with Crippen molar-refractivity contribution in [2.75, 3.05) is 33.4 Å². The molecule has 2 heterocycles. The van der Waals surface area contributed by atoms with Crippen molar-refractivity contribution in [1.82, 2.24) is 10.2 Å². The van der Waals surface area contributed by atoms with Gasteiger partial charge < -0.3 is 20.3 Å². The molecule has 1 aromatic carbocycles. The molecule has 6 heteroatoms. The number of benzene rings is 1. The summed E-state index contributed by atoms with van der Waals surface area (Å²) in [7, 11) is 1.69. The summed E-state index contributed by atoms with van der Waals surface area (Å²) in [6, 6.07) is 6.43. The van der Waals surface area contributed by atoms with Gasteiger partial charge in [0.1, 0.15) is 5.75 Å². The van der Waals surface area contributed by atoms with E-state index in [4.69, 9.17) is 4.74 Å². The van der Waals surface area contributed by atoms with Gasteiger partial charge in [-0.3, -0.25) is 9.69 Å². The van der Waals surface area contributed by atoms with Crippen LogP contribution in [0.5, 0.6) is 5.75 Å². The van der Waals surface area contributed by atoms with Crippen molar-refractivity contribution in [3.8, 4) is 5.75 Å². The minimum Gasteiger partial charge on any atom is -0.497 e. The Balaban J connectivity index is 1.93. The highest BCUT2D eigenvalue weighted by molar-refractivity contribution is 5.84. The molecule has 6 atom stereocenters. The van der Waals surface area contributed by atoms with Crippen LogP contribution in [0.3, 0.4) is 0 Å². The number of methoxy groups -OCH3 is 1. The number of ether oxygens (including phenoxy) is 1. The van der Waals surface area contributed by atoms with Crippen LogP contribution in [-0.4, -0.2) is 66.5 Å². The summed E-state index contributed by atoms with van der Waals surface area (Å²) in [5, 5.41) is 24.3. The molecule has 2 aliphatic heterocycles. The number of amides is 1. The van der Waals surface area contributed by atoms with Gasteiger partial charge in [-0.25, -0.2) is 0 Å². The van der Waals surface area contributed by atoms with Crippen molar-refractivity contribution in [1.29, 1.82) is 0 Å². The first kappa shape index (κ1) is 24.2. The molecule has 2 fully saturated rings. The molecule has 1 saturated heterocycles. The molecule has 3 N–H and O–H groups in total. The first-order valence-corrected chi connectivity index (χ1v) is 12.4. The standard InChI is InChI=1S/C27H40N2O4/c1-6-26-11-7-14-29-15-12-27(22(26)29,21-10-9-20(33-5)17-18(21)2)19(3)25(4,23(26)31)24(32)28-13-8-16-30/h7,9-11,17,19,22-23,30-31H,6,8,12-16H2,1-5H3,(H,28,32)/t19?,22?,23-,25+,26+,27?/m0/s1. The largest absolute Gasteiger partial charge is 0.497 e. The number of carbonyl (C=O) groups excluding carboxylic acids is 1. The van der Waals surface area contributed by atoms with Crippen LogP contribution in [0.1, 0.15) is 51.2 Å². The summed E-state index contributed by atoms with van der Waals surface area (Å²) >= 11 is 0. The second-order valence-electron chi connectivity index (χ2n) is 10.5. The van der Waals surface area contributed by atoms with Gasteiger partial charge in [-0.15, -0.1) is 0 Å². The highest BCUT2D eigenvalue weighted by atomic mass is 16.5. The number of aliphatic hydroxyl groups is 2. The van der Waals surface area contributed by atoms with Gasteiger partial charge in [-0.1, -0.05) is 32.1 Å². The van der Waals surface area contributed by atoms with Crippen LogP contribution in [0.15, 0.2) is 30.4 Å². The second kappa shape index (κ2) is 8.71. The number of hydrogen-bond acceptors (Lipinski definition) is 5. The predicted molar refractivity (Wildman–Crippen MR) is 129 cm³/mol. The van der Waals surface area contributed by atoms with Crippen molar-refractivity contribution in [2.24, 2.45) is 16.7 Å². The van der Waals surface area contributed by atoms with Gasteiger partial charge >= 0.3 is 0 Å². The van der Waals surface area contributed by atoms with E-state index in [1.165, 1.54) is 11.1 Å². The fraction of sp³-hybridized carbons (Fsp3) is 0.667. The Bertz CT molecular complexity index is 933. The summed E-state index contributed by atoms with van der Waals surface area (Å²) in [6.07, 6.45) is 5.79. The van der Waals surface area contributed by atoms with Gasteiger partial charge in [0.05, 0.1) is 18.6 Å². The number of hydrogen-bond donors (Lipinski definition) is 3. The predicted octanol–water partition coefficient (Wildman–Crippen LogP) is 2.80. The van der Waals surface area contributed by atoms with Gasteiger partial charge in [0, 0.05) is 36.6 Å². The van der Waals surface area contributed by atoms with E-state index >= 15 is 0 Å². The molecule has 0 spiro atoms. The fourth-order valence-corrected chi connectivity index (χ4v) is 7.56. The number of aryl methyl sites for hydroxylation is 1. The Kier molecular flexibility index (Phi) is 6.40. The van der Waals surface area contributed by atoms with Crippen LogP contribution < -0.4 is 10.1 Å². The highest BCUT2D eigenvalue weighted by Gasteiger charge is 2.72. The van der Waals surface area contributed by atoms with Gasteiger partial charge in [0.25, 0.3) is 0 Å². The van der Waals surface area contributed by atoms with E-state index in [2.05, 4.69) is 55.3 Å². The van der Waals surface area contributed by atoms with Crippen LogP contribution in [0.2, 0.25) is 0 Å². The van der Waals surface area contributed by atoms with E-state index in [9.17, 15) is 15.0 Å². The summed E-state index contributed by atoms with van der Waals surface area (Å²) in [5.74, 6) is 0.619. The van der Waals surface area contributed by atoms with Crippen LogP contribution in [0, 0.1) is 23.7 Å². The van der Waals surface area contributed by atoms with E-state index in [-0.39, 0.29) is 29.9 Å². The molecule has 1 amide bonds. The average Bonchev–Trinajstić information content (AvgIpc) is 3.22. The van der Waals surface area contributed by atoms with Gasteiger partial charge in [0.15, 0.2) is 0 Å². The van der Waals surface area contributed by atoms with Crippen molar-refractivity contribution in [3.05, 3.63) is 41.5 Å². The highest BCUT2D eigenvalue weighted by Crippen LogP contribution is 2.66. The molecular weight excluding hydrogens is 416 g/mol. The number of nitrogens with zero attached hydrogens (tertiary/aromatic N) is 1. The molecule has 1 aliphatic carbocycles. The average molecular weight is 457 g/mol. The Labute approximate surface area is 198 Å². The lowest BCUT2D eigenvalue weighted by atomic mass is 9.42. The van der Waals surface area contributed by atoms with Gasteiger partial charge in [-0.05, 0) is 68.8 Å². The van der Waals surface area contributed by atoms with Crippen molar-refractivity contribution < 1.29 is 19.7 Å². The number of aliphatic hydroxyl groups excluding tert-OH is 2. The first-order chi connectivity index (χ1) is 15.7. The van der Waals surface area contributed by atoms with Crippen LogP contribution in [0.25, 0.3) is 0 Å². The van der Waals surface area contributed by atoms with Crippen LogP contribution in [0.4, 0.5) is 0 Å². The zero-order valence-corrected chi connectivity index (χ0v) is 20.7. The minimum absolute atomic E-state index is 0.0305. The Morgan fingerprint density at radius 2 is 2.12 bits per heavy atom. The van der Waals surface area contributed by atoms with Crippen molar-refractivity contribution in [2.45, 2.75) is 64.5 Å². The van der Waals surface area contributed by atoms with E-state index in [0.29, 0.717) is 13.0 Å². The SMILES string of the molecule is CC[C@@]12C=CCN3CCC(c4ccc(OC)cc4C)(C31)C(C)[C@@](C)(C(=O)NCCCO)[C@@H]2O. The molecule has 0 radical (unpaired) electrons. The molecule has 1 aromatic rings. The van der Waals surface area contributed by atoms with Crippen molar-refractivity contribution >= 4 is 5.91 Å². The molecule has 3 aliphatic rings. The molecule has 0 aromatic heterocycles. The number of rotatable bonds is 7. The summed E-state index contributed by atoms with van der Waals surface area (Å²) < 4.78 is 5.49. The summed E-state index contributed by atoms with van der Waals surface area (Å²) in [5.41, 5.74) is 0.655. The zero-order valence-electron chi connectivity index (χ0n) is 20.7. The quantitative estimate of drug-likeness (QED) is 0.434. The normalized spacial score (nSPS) is 37.6. The van der Waals surface area contributed by atoms with Gasteiger partial charge in [0.2, 0.25) is 5.91 Å². The molecule has 6 nitrogen and oxygen atoms in total. The molecule has 3 unspecified atom stereocenters. The Hall–Kier alpha value is -1.89. The molecule has 0 bridgehead atoms. The molecular formula is C27H40N2O4. The number of carbonyl (C=O) groups is 1. The Morgan fingerprint density at radius 1 is 1.36 bits per heavy atom. The second-order valence-corrected chi connectivity index (χ2v) is 10.5. The molecule has 182 valence electrons.